The molecule has 6 heteroatoms. The van der Waals surface area contributed by atoms with Gasteiger partial charge in [0.15, 0.2) is 5.60 Å². The van der Waals surface area contributed by atoms with Crippen LogP contribution in [-0.2, 0) is 14.3 Å². The smallest absolute Gasteiger partial charge is 0.337 e. The molecule has 0 aromatic heterocycles. The van der Waals surface area contributed by atoms with E-state index in [9.17, 15) is 14.7 Å². The van der Waals surface area contributed by atoms with Crippen LogP contribution in [0.25, 0.3) is 0 Å². The van der Waals surface area contributed by atoms with Gasteiger partial charge in [0.2, 0.25) is 5.91 Å². The van der Waals surface area contributed by atoms with E-state index >= 15 is 0 Å². The van der Waals surface area contributed by atoms with Gasteiger partial charge in [-0.15, -0.1) is 0 Å². The highest BCUT2D eigenvalue weighted by molar-refractivity contribution is 5.80. The van der Waals surface area contributed by atoms with Gasteiger partial charge in [-0.1, -0.05) is 0 Å². The monoisotopic (exact) mass is 259 g/mol. The number of amides is 1. The van der Waals surface area contributed by atoms with Gasteiger partial charge in [0.25, 0.3) is 0 Å². The Morgan fingerprint density at radius 1 is 1.44 bits per heavy atom. The highest BCUT2D eigenvalue weighted by atomic mass is 16.5. The lowest BCUT2D eigenvalue weighted by Crippen LogP contribution is -2.47. The largest absolute Gasteiger partial charge is 0.479 e. The van der Waals surface area contributed by atoms with Gasteiger partial charge in [0, 0.05) is 13.0 Å². The molecule has 0 heterocycles. The van der Waals surface area contributed by atoms with Crippen LogP contribution >= 0.6 is 0 Å². The fourth-order valence-electron chi connectivity index (χ4n) is 1.89. The van der Waals surface area contributed by atoms with Crippen LogP contribution < -0.4 is 5.32 Å². The van der Waals surface area contributed by atoms with Gasteiger partial charge in [-0.2, -0.15) is 0 Å². The first-order valence-electron chi connectivity index (χ1n) is 6.19. The van der Waals surface area contributed by atoms with Crippen molar-refractivity contribution >= 4 is 11.9 Å². The lowest BCUT2D eigenvalue weighted by atomic mass is 9.80. The second kappa shape index (κ2) is 6.15. The van der Waals surface area contributed by atoms with E-state index in [1.54, 1.807) is 0 Å². The fourth-order valence-corrected chi connectivity index (χ4v) is 1.89. The van der Waals surface area contributed by atoms with Gasteiger partial charge in [0.05, 0.1) is 12.6 Å². The molecule has 1 saturated carbocycles. The Morgan fingerprint density at radius 3 is 2.56 bits per heavy atom. The Bertz CT molecular complexity index is 310. The Morgan fingerprint density at radius 2 is 2.06 bits per heavy atom. The summed E-state index contributed by atoms with van der Waals surface area (Å²) in [6.45, 7) is 3.51. The molecule has 0 radical (unpaired) electrons. The molecule has 0 spiro atoms. The summed E-state index contributed by atoms with van der Waals surface area (Å²) < 4.78 is 5.39. The molecule has 1 rings (SSSR count). The number of rotatable bonds is 7. The van der Waals surface area contributed by atoms with Crippen LogP contribution in [0.1, 0.15) is 33.1 Å². The third-order valence-electron chi connectivity index (χ3n) is 3.16. The average Bonchev–Trinajstić information content (AvgIpc) is 2.23. The molecule has 104 valence electrons. The first-order chi connectivity index (χ1) is 8.35. The SMILES string of the molecule is CCOC1CC(CC(=O)NCC(C)(O)C(=O)O)C1. The zero-order valence-electron chi connectivity index (χ0n) is 10.8. The van der Waals surface area contributed by atoms with Crippen molar-refractivity contribution in [3.8, 4) is 0 Å². The van der Waals surface area contributed by atoms with Crippen molar-refractivity contribution < 1.29 is 24.5 Å². The molecule has 1 atom stereocenters. The minimum atomic E-state index is -1.91. The van der Waals surface area contributed by atoms with E-state index < -0.39 is 11.6 Å². The molecule has 1 fully saturated rings. The molecule has 0 aromatic rings. The molecule has 0 aromatic carbocycles. The van der Waals surface area contributed by atoms with Gasteiger partial charge in [0.1, 0.15) is 0 Å². The summed E-state index contributed by atoms with van der Waals surface area (Å²) in [5.74, 6) is -1.27. The number of aliphatic hydroxyl groups is 1. The molecule has 3 N–H and O–H groups in total. The van der Waals surface area contributed by atoms with E-state index in [1.807, 2.05) is 6.92 Å². The van der Waals surface area contributed by atoms with Crippen LogP contribution in [0.5, 0.6) is 0 Å². The summed E-state index contributed by atoms with van der Waals surface area (Å²) in [5, 5.41) is 20.5. The molecule has 1 amide bonds. The number of ether oxygens (including phenoxy) is 1. The summed E-state index contributed by atoms with van der Waals surface area (Å²) in [5.41, 5.74) is -1.91. The first-order valence-corrected chi connectivity index (χ1v) is 6.19. The fraction of sp³-hybridized carbons (Fsp3) is 0.833. The van der Waals surface area contributed by atoms with Gasteiger partial charge in [-0.05, 0) is 32.6 Å². The van der Waals surface area contributed by atoms with E-state index in [-0.39, 0.29) is 18.6 Å². The molecular formula is C12H21NO5. The van der Waals surface area contributed by atoms with Gasteiger partial charge < -0.3 is 20.3 Å². The molecule has 0 aliphatic heterocycles. The van der Waals surface area contributed by atoms with Crippen LogP contribution in [0.2, 0.25) is 0 Å². The second-order valence-corrected chi connectivity index (χ2v) is 4.97. The standard InChI is InChI=1S/C12H21NO5/c1-3-18-9-4-8(5-9)6-10(14)13-7-12(2,17)11(15)16/h8-9,17H,3-7H2,1-2H3,(H,13,14)(H,15,16). The second-order valence-electron chi connectivity index (χ2n) is 4.97. The van der Waals surface area contributed by atoms with Crippen molar-refractivity contribution in [2.45, 2.75) is 44.8 Å². The minimum absolute atomic E-state index is 0.225. The van der Waals surface area contributed by atoms with E-state index in [0.29, 0.717) is 18.9 Å². The van der Waals surface area contributed by atoms with Crippen LogP contribution in [0, 0.1) is 5.92 Å². The first kappa shape index (κ1) is 14.9. The normalized spacial score (nSPS) is 25.9. The van der Waals surface area contributed by atoms with E-state index in [2.05, 4.69) is 5.32 Å². The summed E-state index contributed by atoms with van der Waals surface area (Å²) in [6, 6.07) is 0. The molecule has 18 heavy (non-hydrogen) atoms. The maximum Gasteiger partial charge on any atom is 0.337 e. The highest BCUT2D eigenvalue weighted by Crippen LogP contribution is 2.32. The number of carbonyl (C=O) groups excluding carboxylic acids is 1. The molecule has 6 nitrogen and oxygen atoms in total. The molecule has 1 unspecified atom stereocenters. The zero-order valence-corrected chi connectivity index (χ0v) is 10.8. The molecule has 1 aliphatic rings. The summed E-state index contributed by atoms with van der Waals surface area (Å²) in [7, 11) is 0. The van der Waals surface area contributed by atoms with E-state index in [0.717, 1.165) is 19.8 Å². The predicted octanol–water partition coefficient (Wildman–Crippen LogP) is 0.143. The maximum atomic E-state index is 11.5. The third kappa shape index (κ3) is 4.27. The summed E-state index contributed by atoms with van der Waals surface area (Å²) in [6.07, 6.45) is 2.36. The predicted molar refractivity (Wildman–Crippen MR) is 64.0 cm³/mol. The van der Waals surface area contributed by atoms with Crippen molar-refractivity contribution in [3.63, 3.8) is 0 Å². The minimum Gasteiger partial charge on any atom is -0.479 e. The quantitative estimate of drug-likeness (QED) is 0.604. The van der Waals surface area contributed by atoms with Crippen molar-refractivity contribution in [1.29, 1.82) is 0 Å². The van der Waals surface area contributed by atoms with Crippen molar-refractivity contribution in [1.82, 2.24) is 5.32 Å². The van der Waals surface area contributed by atoms with Crippen molar-refractivity contribution in [3.05, 3.63) is 0 Å². The number of hydrogen-bond donors (Lipinski definition) is 3. The van der Waals surface area contributed by atoms with Gasteiger partial charge in [-0.3, -0.25) is 4.79 Å². The molecule has 0 saturated heterocycles. The van der Waals surface area contributed by atoms with Crippen LogP contribution in [0.4, 0.5) is 0 Å². The number of carboxylic acids is 1. The lowest BCUT2D eigenvalue weighted by molar-refractivity contribution is -0.156. The highest BCUT2D eigenvalue weighted by Gasteiger charge is 2.33. The van der Waals surface area contributed by atoms with Gasteiger partial charge in [-0.25, -0.2) is 4.79 Å². The van der Waals surface area contributed by atoms with Crippen LogP contribution in [0.3, 0.4) is 0 Å². The summed E-state index contributed by atoms with van der Waals surface area (Å²) >= 11 is 0. The Balaban J connectivity index is 2.18. The zero-order chi connectivity index (χ0) is 13.8. The topological polar surface area (TPSA) is 95.9 Å². The molecule has 0 bridgehead atoms. The number of hydrogen-bond acceptors (Lipinski definition) is 4. The van der Waals surface area contributed by atoms with Crippen LogP contribution in [-0.4, -0.2) is 46.9 Å². The van der Waals surface area contributed by atoms with Gasteiger partial charge >= 0.3 is 5.97 Å². The van der Waals surface area contributed by atoms with E-state index in [4.69, 9.17) is 9.84 Å². The average molecular weight is 259 g/mol. The van der Waals surface area contributed by atoms with Crippen LogP contribution in [0.15, 0.2) is 0 Å². The van der Waals surface area contributed by atoms with Crippen molar-refractivity contribution in [2.75, 3.05) is 13.2 Å². The molecule has 1 aliphatic carbocycles. The Kier molecular flexibility index (Phi) is 5.10. The Labute approximate surface area is 106 Å². The number of nitrogens with one attached hydrogen (secondary N) is 1. The number of aliphatic carboxylic acids is 1. The van der Waals surface area contributed by atoms with E-state index in [1.165, 1.54) is 0 Å². The maximum absolute atomic E-state index is 11.5. The Hall–Kier alpha value is -1.14. The number of carboxylic acid groups (broad SMARTS) is 1. The molecular weight excluding hydrogens is 238 g/mol. The summed E-state index contributed by atoms with van der Waals surface area (Å²) in [4.78, 5) is 22.1. The third-order valence-corrected chi connectivity index (χ3v) is 3.16. The van der Waals surface area contributed by atoms with Crippen molar-refractivity contribution in [2.24, 2.45) is 5.92 Å². The lowest BCUT2D eigenvalue weighted by Gasteiger charge is -2.34. The number of carbonyl (C=O) groups is 2.